The summed E-state index contributed by atoms with van der Waals surface area (Å²) in [6.07, 6.45) is 3.83. The zero-order valence-corrected chi connectivity index (χ0v) is 15.7. The van der Waals surface area contributed by atoms with Gasteiger partial charge in [0.15, 0.2) is 0 Å². The van der Waals surface area contributed by atoms with E-state index in [1.807, 2.05) is 41.3 Å². The van der Waals surface area contributed by atoms with Crippen LogP contribution in [-0.4, -0.2) is 10.9 Å². The molecular formula is C21H15Cl2N3O. The maximum absolute atomic E-state index is 12.6. The molecule has 4 nitrogen and oxygen atoms in total. The fourth-order valence-electron chi connectivity index (χ4n) is 2.95. The van der Waals surface area contributed by atoms with Crippen molar-refractivity contribution >= 4 is 52.4 Å². The molecule has 0 fully saturated rings. The molecule has 0 atom stereocenters. The molecule has 2 aromatic carbocycles. The van der Waals surface area contributed by atoms with Crippen molar-refractivity contribution in [2.75, 3.05) is 10.2 Å². The largest absolute Gasteiger partial charge is 0.336 e. The van der Waals surface area contributed by atoms with E-state index in [1.54, 1.807) is 30.3 Å². The second-order valence-corrected chi connectivity index (χ2v) is 6.96. The monoisotopic (exact) mass is 395 g/mol. The number of nitrogens with zero attached hydrogens (tertiary/aromatic N) is 1. The van der Waals surface area contributed by atoms with Gasteiger partial charge in [0.1, 0.15) is 11.5 Å². The predicted octanol–water partition coefficient (Wildman–Crippen LogP) is 6.25. The van der Waals surface area contributed by atoms with E-state index < -0.39 is 0 Å². The van der Waals surface area contributed by atoms with Gasteiger partial charge in [0, 0.05) is 32.7 Å². The van der Waals surface area contributed by atoms with E-state index in [2.05, 4.69) is 16.9 Å². The summed E-state index contributed by atoms with van der Waals surface area (Å²) in [5, 5.41) is 4.06. The van der Waals surface area contributed by atoms with Gasteiger partial charge in [-0.1, -0.05) is 35.8 Å². The molecule has 0 saturated heterocycles. The van der Waals surface area contributed by atoms with Gasteiger partial charge in [-0.2, -0.15) is 0 Å². The summed E-state index contributed by atoms with van der Waals surface area (Å²) in [6.45, 7) is 4.10. The van der Waals surface area contributed by atoms with Crippen molar-refractivity contribution in [3.05, 3.63) is 94.3 Å². The molecule has 0 aliphatic carbocycles. The summed E-state index contributed by atoms with van der Waals surface area (Å²) in [6, 6.07) is 16.3. The fourth-order valence-corrected chi connectivity index (χ4v) is 3.26. The van der Waals surface area contributed by atoms with E-state index in [-0.39, 0.29) is 5.91 Å². The Labute approximate surface area is 166 Å². The molecule has 1 aliphatic rings. The number of aromatic nitrogens is 1. The molecule has 2 heterocycles. The van der Waals surface area contributed by atoms with Gasteiger partial charge in [0.2, 0.25) is 0 Å². The van der Waals surface area contributed by atoms with Crippen molar-refractivity contribution in [1.29, 1.82) is 0 Å². The van der Waals surface area contributed by atoms with Gasteiger partial charge >= 0.3 is 0 Å². The molecule has 0 saturated carbocycles. The molecule has 134 valence electrons. The lowest BCUT2D eigenvalue weighted by Crippen LogP contribution is -2.18. The van der Waals surface area contributed by atoms with E-state index in [0.717, 1.165) is 22.8 Å². The minimum absolute atomic E-state index is 0.248. The number of carbonyl (C=O) groups is 1. The molecule has 1 amide bonds. The fraction of sp³-hybridized carbons (Fsp3) is 0. The number of carbonyl (C=O) groups excluding carboxylic acids is 1. The van der Waals surface area contributed by atoms with Gasteiger partial charge in [0.05, 0.1) is 0 Å². The number of anilines is 3. The number of aromatic amines is 1. The SMILES string of the molecule is C=C1C=Cc2cc(C(=O)Nc3cccc(Cl)c3)[nH]c2N1c1ccc(Cl)cc1. The molecule has 1 aromatic heterocycles. The van der Waals surface area contributed by atoms with Gasteiger partial charge in [-0.25, -0.2) is 0 Å². The zero-order chi connectivity index (χ0) is 19.0. The third kappa shape index (κ3) is 3.50. The number of rotatable bonds is 3. The summed E-state index contributed by atoms with van der Waals surface area (Å²) in [4.78, 5) is 17.8. The summed E-state index contributed by atoms with van der Waals surface area (Å²) >= 11 is 12.0. The zero-order valence-electron chi connectivity index (χ0n) is 14.2. The lowest BCUT2D eigenvalue weighted by Gasteiger charge is -2.27. The average molecular weight is 396 g/mol. The maximum atomic E-state index is 12.6. The number of fused-ring (bicyclic) bond motifs is 1. The highest BCUT2D eigenvalue weighted by Crippen LogP contribution is 2.37. The Bertz CT molecular complexity index is 1070. The summed E-state index contributed by atoms with van der Waals surface area (Å²) in [7, 11) is 0. The van der Waals surface area contributed by atoms with Crippen LogP contribution in [0.3, 0.4) is 0 Å². The van der Waals surface area contributed by atoms with Crippen LogP contribution in [0.1, 0.15) is 16.1 Å². The Morgan fingerprint density at radius 2 is 1.78 bits per heavy atom. The molecule has 0 bridgehead atoms. The molecular weight excluding hydrogens is 381 g/mol. The Hall–Kier alpha value is -2.95. The molecule has 0 unspecified atom stereocenters. The van der Waals surface area contributed by atoms with Crippen molar-refractivity contribution in [2.24, 2.45) is 0 Å². The smallest absolute Gasteiger partial charge is 0.272 e. The topological polar surface area (TPSA) is 48.1 Å². The number of hydrogen-bond donors (Lipinski definition) is 2. The van der Waals surface area contributed by atoms with Gasteiger partial charge < -0.3 is 10.3 Å². The number of benzene rings is 2. The van der Waals surface area contributed by atoms with Crippen molar-refractivity contribution < 1.29 is 4.79 Å². The molecule has 0 radical (unpaired) electrons. The Morgan fingerprint density at radius 3 is 2.52 bits per heavy atom. The second kappa shape index (κ2) is 6.99. The first-order valence-corrected chi connectivity index (χ1v) is 8.99. The molecule has 3 aromatic rings. The number of amides is 1. The predicted molar refractivity (Wildman–Crippen MR) is 112 cm³/mol. The van der Waals surface area contributed by atoms with Crippen molar-refractivity contribution in [3.63, 3.8) is 0 Å². The molecule has 0 spiro atoms. The normalized spacial score (nSPS) is 12.8. The molecule has 27 heavy (non-hydrogen) atoms. The van der Waals surface area contributed by atoms with Crippen LogP contribution >= 0.6 is 23.2 Å². The van der Waals surface area contributed by atoms with E-state index in [9.17, 15) is 4.79 Å². The molecule has 4 rings (SSSR count). The molecule has 1 aliphatic heterocycles. The first-order chi connectivity index (χ1) is 13.0. The first-order valence-electron chi connectivity index (χ1n) is 8.24. The highest BCUT2D eigenvalue weighted by molar-refractivity contribution is 6.31. The van der Waals surface area contributed by atoms with Crippen LogP contribution in [0.4, 0.5) is 17.2 Å². The molecule has 2 N–H and O–H groups in total. The summed E-state index contributed by atoms with van der Waals surface area (Å²) < 4.78 is 0. The lowest BCUT2D eigenvalue weighted by atomic mass is 10.1. The highest BCUT2D eigenvalue weighted by Gasteiger charge is 2.22. The third-order valence-electron chi connectivity index (χ3n) is 4.20. The van der Waals surface area contributed by atoms with E-state index in [4.69, 9.17) is 23.2 Å². The van der Waals surface area contributed by atoms with Crippen LogP contribution in [0.5, 0.6) is 0 Å². The Kier molecular flexibility index (Phi) is 4.52. The third-order valence-corrected chi connectivity index (χ3v) is 4.69. The minimum Gasteiger partial charge on any atom is -0.336 e. The first kappa shape index (κ1) is 17.5. The van der Waals surface area contributed by atoms with Gasteiger partial charge in [-0.05, 0) is 60.7 Å². The quantitative estimate of drug-likeness (QED) is 0.550. The summed E-state index contributed by atoms with van der Waals surface area (Å²) in [5.74, 6) is 0.530. The van der Waals surface area contributed by atoms with Crippen molar-refractivity contribution in [2.45, 2.75) is 0 Å². The van der Waals surface area contributed by atoms with Gasteiger partial charge in [0.25, 0.3) is 5.91 Å². The van der Waals surface area contributed by atoms with Crippen LogP contribution in [-0.2, 0) is 0 Å². The van der Waals surface area contributed by atoms with E-state index >= 15 is 0 Å². The van der Waals surface area contributed by atoms with Crippen LogP contribution in [0.2, 0.25) is 10.0 Å². The summed E-state index contributed by atoms with van der Waals surface area (Å²) in [5.41, 5.74) is 3.66. The number of H-pyrrole nitrogens is 1. The van der Waals surface area contributed by atoms with Crippen LogP contribution in [0.15, 0.2) is 72.9 Å². The Balaban J connectivity index is 1.66. The van der Waals surface area contributed by atoms with Gasteiger partial charge in [-0.15, -0.1) is 0 Å². The van der Waals surface area contributed by atoms with E-state index in [0.29, 0.717) is 21.4 Å². The standard InChI is InChI=1S/C21H15Cl2N3O/c1-13-5-6-14-11-19(21(27)24-17-4-2-3-16(23)12-17)25-20(14)26(13)18-9-7-15(22)8-10-18/h2-12,25H,1H2,(H,24,27). The average Bonchev–Trinajstić information content (AvgIpc) is 3.07. The second-order valence-electron chi connectivity index (χ2n) is 6.09. The van der Waals surface area contributed by atoms with Crippen LogP contribution in [0, 0.1) is 0 Å². The van der Waals surface area contributed by atoms with Crippen LogP contribution in [0.25, 0.3) is 6.08 Å². The number of hydrogen-bond acceptors (Lipinski definition) is 2. The number of allylic oxidation sites excluding steroid dienone is 1. The number of nitrogens with one attached hydrogen (secondary N) is 2. The minimum atomic E-state index is -0.248. The lowest BCUT2D eigenvalue weighted by molar-refractivity contribution is 0.102. The maximum Gasteiger partial charge on any atom is 0.272 e. The van der Waals surface area contributed by atoms with Crippen molar-refractivity contribution in [1.82, 2.24) is 4.98 Å². The van der Waals surface area contributed by atoms with Crippen molar-refractivity contribution in [3.8, 4) is 0 Å². The Morgan fingerprint density at radius 1 is 1.00 bits per heavy atom. The van der Waals surface area contributed by atoms with E-state index in [1.165, 1.54) is 0 Å². The van der Waals surface area contributed by atoms with Crippen LogP contribution < -0.4 is 10.2 Å². The molecule has 6 heteroatoms. The van der Waals surface area contributed by atoms with Gasteiger partial charge in [-0.3, -0.25) is 9.69 Å². The highest BCUT2D eigenvalue weighted by atomic mass is 35.5. The number of halogens is 2.